The molecular weight excluding hydrogens is 394 g/mol. The second kappa shape index (κ2) is 9.71. The molecule has 0 amide bonds. The van der Waals surface area contributed by atoms with Crippen LogP contribution in [0, 0.1) is 6.92 Å². The van der Waals surface area contributed by atoms with Crippen molar-refractivity contribution in [3.05, 3.63) is 95.1 Å². The second-order valence-electron chi connectivity index (χ2n) is 7.22. The highest BCUT2D eigenvalue weighted by molar-refractivity contribution is 5.99. The summed E-state index contributed by atoms with van der Waals surface area (Å²) in [5.74, 6) is -1.08. The maximum atomic E-state index is 12.3. The average molecular weight is 417 g/mol. The molecule has 31 heavy (non-hydrogen) atoms. The predicted molar refractivity (Wildman–Crippen MR) is 118 cm³/mol. The molecule has 0 spiro atoms. The summed E-state index contributed by atoms with van der Waals surface area (Å²) in [6.07, 6.45) is 0. The molecule has 3 rings (SSSR count). The molecule has 3 aromatic carbocycles. The first-order chi connectivity index (χ1) is 14.8. The van der Waals surface area contributed by atoms with E-state index in [0.717, 1.165) is 11.3 Å². The molecule has 0 N–H and O–H groups in total. The number of rotatable bonds is 7. The van der Waals surface area contributed by atoms with Gasteiger partial charge in [0.1, 0.15) is 5.75 Å². The summed E-state index contributed by atoms with van der Waals surface area (Å²) in [5.41, 5.74) is 3.17. The van der Waals surface area contributed by atoms with Gasteiger partial charge in [-0.05, 0) is 67.6 Å². The summed E-state index contributed by atoms with van der Waals surface area (Å²) in [6.45, 7) is 1.56. The van der Waals surface area contributed by atoms with Crippen LogP contribution in [-0.4, -0.2) is 38.4 Å². The van der Waals surface area contributed by atoms with Crippen LogP contribution in [0.1, 0.15) is 36.6 Å². The van der Waals surface area contributed by atoms with Crippen molar-refractivity contribution < 1.29 is 23.9 Å². The third-order valence-electron chi connectivity index (χ3n) is 4.63. The van der Waals surface area contributed by atoms with Crippen molar-refractivity contribution in [3.63, 3.8) is 0 Å². The Bertz CT molecular complexity index is 1070. The van der Waals surface area contributed by atoms with E-state index in [2.05, 4.69) is 0 Å². The van der Waals surface area contributed by atoms with Gasteiger partial charge in [-0.15, -0.1) is 0 Å². The first-order valence-corrected chi connectivity index (χ1v) is 9.70. The average Bonchev–Trinajstić information content (AvgIpc) is 2.78. The molecular formula is C25H23NO5. The maximum Gasteiger partial charge on any atom is 0.343 e. The lowest BCUT2D eigenvalue weighted by Crippen LogP contribution is -2.15. The number of ether oxygens (including phenoxy) is 2. The fourth-order valence-corrected chi connectivity index (χ4v) is 2.76. The molecule has 158 valence electrons. The number of Topliss-reactive ketones (excluding diaryl/α,β-unsaturated/α-hetero) is 1. The van der Waals surface area contributed by atoms with Crippen LogP contribution < -0.4 is 9.64 Å². The van der Waals surface area contributed by atoms with Crippen LogP contribution in [0.15, 0.2) is 72.8 Å². The van der Waals surface area contributed by atoms with E-state index in [4.69, 9.17) is 9.47 Å². The minimum atomic E-state index is -0.567. The Balaban J connectivity index is 1.54. The van der Waals surface area contributed by atoms with E-state index in [9.17, 15) is 14.4 Å². The van der Waals surface area contributed by atoms with Crippen LogP contribution in [0.25, 0.3) is 0 Å². The minimum Gasteiger partial charge on any atom is -0.454 e. The lowest BCUT2D eigenvalue weighted by Gasteiger charge is -2.12. The Morgan fingerprint density at radius 3 is 1.81 bits per heavy atom. The van der Waals surface area contributed by atoms with E-state index >= 15 is 0 Å². The molecule has 0 atom stereocenters. The fraction of sp³-hybridized carbons (Fsp3) is 0.160. The molecule has 0 aliphatic rings. The van der Waals surface area contributed by atoms with E-state index in [-0.39, 0.29) is 12.4 Å². The zero-order valence-electron chi connectivity index (χ0n) is 17.6. The van der Waals surface area contributed by atoms with Crippen LogP contribution in [0.3, 0.4) is 0 Å². The van der Waals surface area contributed by atoms with Gasteiger partial charge >= 0.3 is 11.9 Å². The summed E-state index contributed by atoms with van der Waals surface area (Å²) >= 11 is 0. The summed E-state index contributed by atoms with van der Waals surface area (Å²) in [7, 11) is 3.81. The van der Waals surface area contributed by atoms with E-state index in [1.807, 2.05) is 38.1 Å². The quantitative estimate of drug-likeness (QED) is 0.324. The third kappa shape index (κ3) is 5.79. The van der Waals surface area contributed by atoms with Crippen LogP contribution in [0.5, 0.6) is 5.75 Å². The molecule has 6 nitrogen and oxygen atoms in total. The molecule has 0 saturated heterocycles. The summed E-state index contributed by atoms with van der Waals surface area (Å²) < 4.78 is 10.4. The SMILES string of the molecule is Cc1ccc(C(=O)Oc2ccc(C(=O)COC(=O)c3ccc(N(C)C)cc3)cc2)cc1. The largest absolute Gasteiger partial charge is 0.454 e. The standard InChI is InChI=1S/C25H23NO5/c1-17-4-6-20(7-5-17)25(29)31-22-14-10-18(11-15-22)23(27)16-30-24(28)19-8-12-21(13-9-19)26(2)3/h4-15H,16H2,1-3H3. The number of hydrogen-bond acceptors (Lipinski definition) is 6. The molecule has 0 fully saturated rings. The molecule has 0 aliphatic heterocycles. The van der Waals surface area contributed by atoms with E-state index in [1.54, 1.807) is 36.4 Å². The normalized spacial score (nSPS) is 10.3. The number of nitrogens with zero attached hydrogens (tertiary/aromatic N) is 1. The van der Waals surface area contributed by atoms with Gasteiger partial charge in [0.2, 0.25) is 0 Å². The molecule has 6 heteroatoms. The van der Waals surface area contributed by atoms with E-state index in [1.165, 1.54) is 24.3 Å². The van der Waals surface area contributed by atoms with Crippen molar-refractivity contribution in [1.82, 2.24) is 0 Å². The number of carbonyl (C=O) groups is 3. The molecule has 0 aliphatic carbocycles. The van der Waals surface area contributed by atoms with Gasteiger partial charge in [-0.2, -0.15) is 0 Å². The van der Waals surface area contributed by atoms with Gasteiger partial charge in [-0.25, -0.2) is 9.59 Å². The second-order valence-corrected chi connectivity index (χ2v) is 7.22. The molecule has 3 aromatic rings. The Kier molecular flexibility index (Phi) is 6.82. The number of carbonyl (C=O) groups excluding carboxylic acids is 3. The van der Waals surface area contributed by atoms with Gasteiger partial charge < -0.3 is 14.4 Å². The van der Waals surface area contributed by atoms with Crippen molar-refractivity contribution in [2.24, 2.45) is 0 Å². The Morgan fingerprint density at radius 1 is 0.710 bits per heavy atom. The van der Waals surface area contributed by atoms with Gasteiger partial charge in [-0.1, -0.05) is 17.7 Å². The number of aryl methyl sites for hydroxylation is 1. The first kappa shape index (κ1) is 21.8. The topological polar surface area (TPSA) is 72.9 Å². The summed E-state index contributed by atoms with van der Waals surface area (Å²) in [5, 5.41) is 0. The van der Waals surface area contributed by atoms with Crippen molar-refractivity contribution in [2.45, 2.75) is 6.92 Å². The van der Waals surface area contributed by atoms with Gasteiger partial charge in [0.25, 0.3) is 0 Å². The monoisotopic (exact) mass is 417 g/mol. The van der Waals surface area contributed by atoms with Crippen LogP contribution >= 0.6 is 0 Å². The highest BCUT2D eigenvalue weighted by atomic mass is 16.5. The molecule has 0 saturated carbocycles. The van der Waals surface area contributed by atoms with Crippen molar-refractivity contribution >= 4 is 23.4 Å². The smallest absolute Gasteiger partial charge is 0.343 e. The highest BCUT2D eigenvalue weighted by Gasteiger charge is 2.13. The molecule has 0 radical (unpaired) electrons. The lowest BCUT2D eigenvalue weighted by molar-refractivity contribution is 0.0474. The van der Waals surface area contributed by atoms with Crippen molar-refractivity contribution in [1.29, 1.82) is 0 Å². The van der Waals surface area contributed by atoms with E-state index in [0.29, 0.717) is 22.4 Å². The lowest BCUT2D eigenvalue weighted by atomic mass is 10.1. The number of esters is 2. The molecule has 0 unspecified atom stereocenters. The zero-order chi connectivity index (χ0) is 22.4. The molecule has 0 aromatic heterocycles. The van der Waals surface area contributed by atoms with Crippen molar-refractivity contribution in [3.8, 4) is 5.75 Å². The molecule has 0 heterocycles. The number of hydrogen-bond donors (Lipinski definition) is 0. The van der Waals surface area contributed by atoms with Crippen LogP contribution in [-0.2, 0) is 4.74 Å². The number of ketones is 1. The third-order valence-corrected chi connectivity index (χ3v) is 4.63. The summed E-state index contributed by atoms with van der Waals surface area (Å²) in [4.78, 5) is 38.5. The van der Waals surface area contributed by atoms with Crippen molar-refractivity contribution in [2.75, 3.05) is 25.6 Å². The number of anilines is 1. The Hall–Kier alpha value is -3.93. The Labute approximate surface area is 181 Å². The zero-order valence-corrected chi connectivity index (χ0v) is 17.6. The van der Waals surface area contributed by atoms with Gasteiger partial charge in [-0.3, -0.25) is 4.79 Å². The van der Waals surface area contributed by atoms with Crippen LogP contribution in [0.4, 0.5) is 5.69 Å². The number of benzene rings is 3. The van der Waals surface area contributed by atoms with Gasteiger partial charge in [0.15, 0.2) is 12.4 Å². The molecule has 0 bridgehead atoms. The maximum absolute atomic E-state index is 12.3. The Morgan fingerprint density at radius 2 is 1.23 bits per heavy atom. The fourth-order valence-electron chi connectivity index (χ4n) is 2.76. The highest BCUT2D eigenvalue weighted by Crippen LogP contribution is 2.16. The minimum absolute atomic E-state index is 0.320. The van der Waals surface area contributed by atoms with Gasteiger partial charge in [0.05, 0.1) is 11.1 Å². The first-order valence-electron chi connectivity index (χ1n) is 9.70. The summed E-state index contributed by atoms with van der Waals surface area (Å²) in [6, 6.07) is 20.1. The van der Waals surface area contributed by atoms with E-state index < -0.39 is 11.9 Å². The van der Waals surface area contributed by atoms with Gasteiger partial charge in [0, 0.05) is 25.3 Å². The van der Waals surface area contributed by atoms with Crippen LogP contribution in [0.2, 0.25) is 0 Å². The predicted octanol–water partition coefficient (Wildman–Crippen LogP) is 4.32.